The van der Waals surface area contributed by atoms with Crippen LogP contribution in [0, 0.1) is 0 Å². The molecule has 0 saturated carbocycles. The molecule has 0 spiro atoms. The highest BCUT2D eigenvalue weighted by atomic mass is 35.5. The van der Waals surface area contributed by atoms with Crippen LogP contribution in [0.15, 0.2) is 42.5 Å². The minimum Gasteiger partial charge on any atom is -0.455 e. The van der Waals surface area contributed by atoms with E-state index in [1.165, 1.54) is 0 Å². The van der Waals surface area contributed by atoms with Crippen LogP contribution >= 0.6 is 11.6 Å². The molecule has 18 heavy (non-hydrogen) atoms. The molecular weight excluding hydrogens is 248 g/mol. The number of benzene rings is 2. The summed E-state index contributed by atoms with van der Waals surface area (Å²) in [6.07, 6.45) is 0. The molecule has 1 unspecified atom stereocenters. The van der Waals surface area contributed by atoms with Crippen LogP contribution in [0.4, 0.5) is 5.69 Å². The first-order chi connectivity index (χ1) is 8.78. The van der Waals surface area contributed by atoms with E-state index < -0.39 is 0 Å². The topological polar surface area (TPSA) is 47.3 Å². The Bertz CT molecular complexity index is 586. The summed E-state index contributed by atoms with van der Waals surface area (Å²) in [6.45, 7) is 0.477. The normalized spacial score (nSPS) is 16.9. The van der Waals surface area contributed by atoms with Gasteiger partial charge in [-0.05, 0) is 30.3 Å². The second-order valence-corrected chi connectivity index (χ2v) is 4.65. The zero-order valence-electron chi connectivity index (χ0n) is 9.69. The number of hydrogen-bond acceptors (Lipinski definition) is 3. The Balaban J connectivity index is 2.14. The third-order valence-electron chi connectivity index (χ3n) is 3.02. The smallest absolute Gasteiger partial charge is 0.150 e. The summed E-state index contributed by atoms with van der Waals surface area (Å²) in [6, 6.07) is 13.4. The highest BCUT2D eigenvalue weighted by Gasteiger charge is 2.21. The van der Waals surface area contributed by atoms with Crippen LogP contribution in [0.1, 0.15) is 11.6 Å². The monoisotopic (exact) mass is 260 g/mol. The second kappa shape index (κ2) is 4.52. The first-order valence-electron chi connectivity index (χ1n) is 5.81. The molecule has 92 valence electrons. The molecule has 1 heterocycles. The van der Waals surface area contributed by atoms with Crippen molar-refractivity contribution in [2.24, 2.45) is 5.73 Å². The zero-order chi connectivity index (χ0) is 12.5. The van der Waals surface area contributed by atoms with Crippen LogP contribution < -0.4 is 15.8 Å². The fourth-order valence-corrected chi connectivity index (χ4v) is 2.31. The molecule has 3 N–H and O–H groups in total. The summed E-state index contributed by atoms with van der Waals surface area (Å²) >= 11 is 6.04. The van der Waals surface area contributed by atoms with Crippen molar-refractivity contribution >= 4 is 17.3 Å². The summed E-state index contributed by atoms with van der Waals surface area (Å²) in [7, 11) is 0. The van der Waals surface area contributed by atoms with Gasteiger partial charge < -0.3 is 15.8 Å². The lowest BCUT2D eigenvalue weighted by atomic mass is 10.1. The van der Waals surface area contributed by atoms with Crippen molar-refractivity contribution < 1.29 is 4.74 Å². The standard InChI is InChI=1S/C14H13ClN2O/c15-9-5-6-13-10(7-9)12(8-16)17-11-3-1-2-4-14(11)18-13/h1-7,12,17H,8,16H2. The molecule has 3 nitrogen and oxygen atoms in total. The summed E-state index contributed by atoms with van der Waals surface area (Å²) in [5.41, 5.74) is 7.77. The Labute approximate surface area is 111 Å². The third kappa shape index (κ3) is 1.92. The number of halogens is 1. The zero-order valence-corrected chi connectivity index (χ0v) is 10.4. The number of anilines is 1. The Hall–Kier alpha value is -1.71. The SMILES string of the molecule is NCC1Nc2ccccc2Oc2ccc(Cl)cc21. The maximum atomic E-state index is 6.04. The van der Waals surface area contributed by atoms with Crippen LogP contribution in [0.3, 0.4) is 0 Å². The van der Waals surface area contributed by atoms with Gasteiger partial charge in [-0.2, -0.15) is 0 Å². The highest BCUT2D eigenvalue weighted by molar-refractivity contribution is 6.30. The largest absolute Gasteiger partial charge is 0.455 e. The number of fused-ring (bicyclic) bond motifs is 2. The summed E-state index contributed by atoms with van der Waals surface area (Å²) < 4.78 is 5.91. The van der Waals surface area contributed by atoms with Gasteiger partial charge in [0.25, 0.3) is 0 Å². The molecule has 0 aromatic heterocycles. The van der Waals surface area contributed by atoms with Gasteiger partial charge in [0.2, 0.25) is 0 Å². The summed E-state index contributed by atoms with van der Waals surface area (Å²) in [5.74, 6) is 1.60. The minimum atomic E-state index is 0.00218. The first-order valence-corrected chi connectivity index (χ1v) is 6.18. The quantitative estimate of drug-likeness (QED) is 0.824. The van der Waals surface area contributed by atoms with E-state index in [4.69, 9.17) is 22.1 Å². The lowest BCUT2D eigenvalue weighted by molar-refractivity contribution is 0.482. The van der Waals surface area contributed by atoms with Crippen LogP contribution in [0.2, 0.25) is 5.02 Å². The Morgan fingerprint density at radius 2 is 2.00 bits per heavy atom. The average molecular weight is 261 g/mol. The van der Waals surface area contributed by atoms with Crippen molar-refractivity contribution in [2.75, 3.05) is 11.9 Å². The molecule has 0 aliphatic carbocycles. The van der Waals surface area contributed by atoms with Gasteiger partial charge in [-0.25, -0.2) is 0 Å². The fraction of sp³-hybridized carbons (Fsp3) is 0.143. The van der Waals surface area contributed by atoms with E-state index in [2.05, 4.69) is 5.32 Å². The average Bonchev–Trinajstić information content (AvgIpc) is 2.54. The number of rotatable bonds is 1. The molecule has 1 aliphatic rings. The van der Waals surface area contributed by atoms with Gasteiger partial charge >= 0.3 is 0 Å². The van der Waals surface area contributed by atoms with Gasteiger partial charge in [0.05, 0.1) is 11.7 Å². The van der Waals surface area contributed by atoms with Gasteiger partial charge in [0, 0.05) is 17.1 Å². The van der Waals surface area contributed by atoms with Crippen LogP contribution in [0.5, 0.6) is 11.5 Å². The van der Waals surface area contributed by atoms with Crippen molar-refractivity contribution in [1.29, 1.82) is 0 Å². The van der Waals surface area contributed by atoms with Crippen molar-refractivity contribution in [3.05, 3.63) is 53.1 Å². The van der Waals surface area contributed by atoms with Gasteiger partial charge in [-0.15, -0.1) is 0 Å². The summed E-state index contributed by atoms with van der Waals surface area (Å²) in [4.78, 5) is 0. The van der Waals surface area contributed by atoms with Crippen molar-refractivity contribution in [1.82, 2.24) is 0 Å². The van der Waals surface area contributed by atoms with Gasteiger partial charge in [-0.1, -0.05) is 23.7 Å². The van der Waals surface area contributed by atoms with E-state index in [9.17, 15) is 0 Å². The molecule has 0 bridgehead atoms. The number of nitrogens with two attached hydrogens (primary N) is 1. The maximum Gasteiger partial charge on any atom is 0.150 e. The molecule has 1 aliphatic heterocycles. The van der Waals surface area contributed by atoms with Crippen molar-refractivity contribution in [2.45, 2.75) is 6.04 Å². The fourth-order valence-electron chi connectivity index (χ4n) is 2.13. The van der Waals surface area contributed by atoms with Crippen LogP contribution in [-0.2, 0) is 0 Å². The minimum absolute atomic E-state index is 0.00218. The molecule has 0 fully saturated rings. The van der Waals surface area contributed by atoms with Crippen LogP contribution in [-0.4, -0.2) is 6.54 Å². The second-order valence-electron chi connectivity index (χ2n) is 4.21. The third-order valence-corrected chi connectivity index (χ3v) is 3.25. The van der Waals surface area contributed by atoms with E-state index >= 15 is 0 Å². The number of hydrogen-bond donors (Lipinski definition) is 2. The molecular formula is C14H13ClN2O. The molecule has 0 amide bonds. The van der Waals surface area contributed by atoms with Crippen molar-refractivity contribution in [3.8, 4) is 11.5 Å². The van der Waals surface area contributed by atoms with E-state index in [1.54, 1.807) is 0 Å². The van der Waals surface area contributed by atoms with E-state index in [0.29, 0.717) is 11.6 Å². The van der Waals surface area contributed by atoms with E-state index in [1.807, 2.05) is 42.5 Å². The molecule has 0 radical (unpaired) electrons. The lowest BCUT2D eigenvalue weighted by Crippen LogP contribution is -2.19. The number of nitrogens with one attached hydrogen (secondary N) is 1. The molecule has 4 heteroatoms. The van der Waals surface area contributed by atoms with E-state index in [0.717, 1.165) is 22.7 Å². The maximum absolute atomic E-state index is 6.04. The van der Waals surface area contributed by atoms with Crippen molar-refractivity contribution in [3.63, 3.8) is 0 Å². The summed E-state index contributed by atoms with van der Waals surface area (Å²) in [5, 5.41) is 4.07. The first kappa shape index (κ1) is 11.4. The number of ether oxygens (including phenoxy) is 1. The number of para-hydroxylation sites is 2. The van der Waals surface area contributed by atoms with Gasteiger partial charge in [0.1, 0.15) is 5.75 Å². The lowest BCUT2D eigenvalue weighted by Gasteiger charge is -2.16. The molecule has 3 rings (SSSR count). The molecule has 0 saturated heterocycles. The Morgan fingerprint density at radius 1 is 1.17 bits per heavy atom. The van der Waals surface area contributed by atoms with Gasteiger partial charge in [0.15, 0.2) is 5.75 Å². The van der Waals surface area contributed by atoms with Crippen LogP contribution in [0.25, 0.3) is 0 Å². The molecule has 1 atom stereocenters. The predicted octanol–water partition coefficient (Wildman–Crippen LogP) is 3.56. The van der Waals surface area contributed by atoms with Gasteiger partial charge in [-0.3, -0.25) is 0 Å². The molecule has 2 aromatic rings. The highest BCUT2D eigenvalue weighted by Crippen LogP contribution is 2.40. The Morgan fingerprint density at radius 3 is 2.83 bits per heavy atom. The predicted molar refractivity (Wildman–Crippen MR) is 73.4 cm³/mol. The molecule has 2 aromatic carbocycles. The Kier molecular flexibility index (Phi) is 2.86. The van der Waals surface area contributed by atoms with E-state index in [-0.39, 0.29) is 6.04 Å².